The highest BCUT2D eigenvalue weighted by atomic mass is 14.8. The summed E-state index contributed by atoms with van der Waals surface area (Å²) in [5.74, 6) is 2.53. The highest BCUT2D eigenvalue weighted by molar-refractivity contribution is 5.26. The molecule has 0 saturated heterocycles. The van der Waals surface area contributed by atoms with E-state index in [1.54, 1.807) is 0 Å². The van der Waals surface area contributed by atoms with Crippen molar-refractivity contribution in [2.24, 2.45) is 17.6 Å². The third kappa shape index (κ3) is 1.11. The molecule has 0 heterocycles. The van der Waals surface area contributed by atoms with Crippen molar-refractivity contribution >= 4 is 0 Å². The largest absolute Gasteiger partial charge is 0.327 e. The number of fused-ring (bicyclic) bond motifs is 1. The van der Waals surface area contributed by atoms with E-state index in [0.29, 0.717) is 6.04 Å². The predicted molar refractivity (Wildman–Crippen MR) is 53.4 cm³/mol. The van der Waals surface area contributed by atoms with Crippen LogP contribution in [0.4, 0.5) is 0 Å². The van der Waals surface area contributed by atoms with Crippen LogP contribution in [0.3, 0.4) is 0 Å². The van der Waals surface area contributed by atoms with Crippen LogP contribution < -0.4 is 5.73 Å². The smallest absolute Gasteiger partial charge is 0.00760 e. The van der Waals surface area contributed by atoms with E-state index in [1.165, 1.54) is 18.4 Å². The number of rotatable bonds is 1. The second-order valence-electron chi connectivity index (χ2n) is 4.48. The molecule has 2 saturated carbocycles. The lowest BCUT2D eigenvalue weighted by atomic mass is 9.93. The Kier molecular flexibility index (Phi) is 1.50. The van der Waals surface area contributed by atoms with Crippen LogP contribution in [0.2, 0.25) is 0 Å². The monoisotopic (exact) mass is 173 g/mol. The molecule has 4 atom stereocenters. The lowest BCUT2D eigenvalue weighted by Gasteiger charge is -2.13. The number of hydrogen-bond donors (Lipinski definition) is 1. The zero-order valence-electron chi connectivity index (χ0n) is 7.69. The molecule has 2 aliphatic rings. The molecule has 1 aromatic rings. The highest BCUT2D eigenvalue weighted by Crippen LogP contribution is 2.58. The van der Waals surface area contributed by atoms with Crippen LogP contribution in [-0.2, 0) is 0 Å². The quantitative estimate of drug-likeness (QED) is 0.691. The van der Waals surface area contributed by atoms with E-state index < -0.39 is 0 Å². The van der Waals surface area contributed by atoms with Crippen LogP contribution in [0.5, 0.6) is 0 Å². The third-order valence-electron chi connectivity index (χ3n) is 3.71. The second-order valence-corrected chi connectivity index (χ2v) is 4.48. The SMILES string of the molecule is N[C@@H]1C[C@H](c2ccccc2)[C@@H]2C[C@@H]21. The van der Waals surface area contributed by atoms with Gasteiger partial charge in [0, 0.05) is 6.04 Å². The summed E-state index contributed by atoms with van der Waals surface area (Å²) >= 11 is 0. The Morgan fingerprint density at radius 1 is 1.00 bits per heavy atom. The summed E-state index contributed by atoms with van der Waals surface area (Å²) in [6.45, 7) is 0. The van der Waals surface area contributed by atoms with Crippen LogP contribution in [0.25, 0.3) is 0 Å². The molecule has 0 amide bonds. The fraction of sp³-hybridized carbons (Fsp3) is 0.500. The summed E-state index contributed by atoms with van der Waals surface area (Å²) in [5.41, 5.74) is 7.55. The first-order valence-electron chi connectivity index (χ1n) is 5.17. The molecule has 0 aromatic heterocycles. The Morgan fingerprint density at radius 2 is 1.77 bits per heavy atom. The predicted octanol–water partition coefficient (Wildman–Crippen LogP) is 2.14. The van der Waals surface area contributed by atoms with Gasteiger partial charge in [-0.1, -0.05) is 30.3 Å². The summed E-state index contributed by atoms with van der Waals surface area (Å²) in [6.07, 6.45) is 2.58. The Bertz CT molecular complexity index is 306. The maximum absolute atomic E-state index is 6.05. The van der Waals surface area contributed by atoms with Crippen LogP contribution in [0, 0.1) is 11.8 Å². The fourth-order valence-corrected chi connectivity index (χ4v) is 2.92. The van der Waals surface area contributed by atoms with Crippen molar-refractivity contribution in [1.82, 2.24) is 0 Å². The van der Waals surface area contributed by atoms with Gasteiger partial charge < -0.3 is 5.73 Å². The maximum atomic E-state index is 6.05. The Morgan fingerprint density at radius 3 is 2.31 bits per heavy atom. The van der Waals surface area contributed by atoms with E-state index in [4.69, 9.17) is 5.73 Å². The van der Waals surface area contributed by atoms with Crippen molar-refractivity contribution in [3.05, 3.63) is 35.9 Å². The van der Waals surface area contributed by atoms with Gasteiger partial charge >= 0.3 is 0 Å². The first-order valence-corrected chi connectivity index (χ1v) is 5.17. The van der Waals surface area contributed by atoms with Crippen LogP contribution in [0.15, 0.2) is 30.3 Å². The zero-order chi connectivity index (χ0) is 8.84. The van der Waals surface area contributed by atoms with Crippen LogP contribution >= 0.6 is 0 Å². The minimum Gasteiger partial charge on any atom is -0.327 e. The molecular weight excluding hydrogens is 158 g/mol. The minimum absolute atomic E-state index is 0.482. The molecule has 0 spiro atoms. The van der Waals surface area contributed by atoms with E-state index >= 15 is 0 Å². The average Bonchev–Trinajstić information content (AvgIpc) is 2.89. The summed E-state index contributed by atoms with van der Waals surface area (Å²) in [7, 11) is 0. The van der Waals surface area contributed by atoms with Gasteiger partial charge in [0.1, 0.15) is 0 Å². The maximum Gasteiger partial charge on any atom is 0.00760 e. The van der Waals surface area contributed by atoms with Crippen molar-refractivity contribution in [3.8, 4) is 0 Å². The first kappa shape index (κ1) is 7.57. The lowest BCUT2D eigenvalue weighted by molar-refractivity contribution is 0.571. The van der Waals surface area contributed by atoms with Gasteiger partial charge in [-0.15, -0.1) is 0 Å². The van der Waals surface area contributed by atoms with Crippen molar-refractivity contribution in [2.75, 3.05) is 0 Å². The van der Waals surface area contributed by atoms with Crippen molar-refractivity contribution < 1.29 is 0 Å². The molecular formula is C12H15N. The van der Waals surface area contributed by atoms with Gasteiger partial charge in [0.2, 0.25) is 0 Å². The zero-order valence-corrected chi connectivity index (χ0v) is 7.69. The molecule has 2 aliphatic carbocycles. The average molecular weight is 173 g/mol. The molecule has 1 nitrogen and oxygen atoms in total. The molecule has 2 fully saturated rings. The highest BCUT2D eigenvalue weighted by Gasteiger charge is 2.52. The molecule has 2 N–H and O–H groups in total. The summed E-state index contributed by atoms with van der Waals surface area (Å²) in [4.78, 5) is 0. The molecule has 0 aliphatic heterocycles. The molecule has 68 valence electrons. The molecule has 0 unspecified atom stereocenters. The van der Waals surface area contributed by atoms with Gasteiger partial charge in [-0.2, -0.15) is 0 Å². The summed E-state index contributed by atoms with van der Waals surface area (Å²) in [6, 6.07) is 11.3. The third-order valence-corrected chi connectivity index (χ3v) is 3.71. The van der Waals surface area contributed by atoms with Crippen LogP contribution in [-0.4, -0.2) is 6.04 Å². The Balaban J connectivity index is 1.88. The minimum atomic E-state index is 0.482. The van der Waals surface area contributed by atoms with E-state index in [9.17, 15) is 0 Å². The van der Waals surface area contributed by atoms with Gasteiger partial charge in [0.25, 0.3) is 0 Å². The van der Waals surface area contributed by atoms with E-state index in [1.807, 2.05) is 0 Å². The lowest BCUT2D eigenvalue weighted by Crippen LogP contribution is -2.19. The van der Waals surface area contributed by atoms with Gasteiger partial charge in [-0.05, 0) is 36.2 Å². The van der Waals surface area contributed by atoms with Crippen molar-refractivity contribution in [2.45, 2.75) is 24.8 Å². The van der Waals surface area contributed by atoms with Crippen molar-refractivity contribution in [3.63, 3.8) is 0 Å². The Labute approximate surface area is 78.9 Å². The van der Waals surface area contributed by atoms with E-state index in [-0.39, 0.29) is 0 Å². The van der Waals surface area contributed by atoms with Gasteiger partial charge in [0.05, 0.1) is 0 Å². The van der Waals surface area contributed by atoms with Gasteiger partial charge in [0.15, 0.2) is 0 Å². The number of hydrogen-bond acceptors (Lipinski definition) is 1. The Hall–Kier alpha value is -0.820. The normalized spacial score (nSPS) is 41.6. The molecule has 1 aromatic carbocycles. The molecule has 13 heavy (non-hydrogen) atoms. The molecule has 0 bridgehead atoms. The second kappa shape index (κ2) is 2.58. The van der Waals surface area contributed by atoms with Crippen molar-refractivity contribution in [1.29, 1.82) is 0 Å². The topological polar surface area (TPSA) is 26.0 Å². The van der Waals surface area contributed by atoms with Gasteiger partial charge in [-0.25, -0.2) is 0 Å². The van der Waals surface area contributed by atoms with E-state index in [2.05, 4.69) is 30.3 Å². The summed E-state index contributed by atoms with van der Waals surface area (Å²) in [5, 5.41) is 0. The molecule has 3 rings (SSSR count). The standard InChI is InChI=1S/C12H15N/c13-12-7-9(10-6-11(10)12)8-4-2-1-3-5-8/h1-5,9-12H,6-7,13H2/t9-,10+,11+,12-/m1/s1. The molecule has 0 radical (unpaired) electrons. The summed E-state index contributed by atoms with van der Waals surface area (Å²) < 4.78 is 0. The van der Waals surface area contributed by atoms with Crippen LogP contribution in [0.1, 0.15) is 24.3 Å². The number of nitrogens with two attached hydrogens (primary N) is 1. The first-order chi connectivity index (χ1) is 6.36. The number of benzene rings is 1. The fourth-order valence-electron chi connectivity index (χ4n) is 2.92. The molecule has 1 heteroatoms. The van der Waals surface area contributed by atoms with Gasteiger partial charge in [-0.3, -0.25) is 0 Å². The van der Waals surface area contributed by atoms with E-state index in [0.717, 1.165) is 17.8 Å².